The van der Waals surface area contributed by atoms with Crippen molar-refractivity contribution < 1.29 is 4.79 Å². The molecule has 3 rings (SSSR count). The predicted octanol–water partition coefficient (Wildman–Crippen LogP) is 1.28. The number of rotatable bonds is 2. The molecule has 2 aromatic heterocycles. The van der Waals surface area contributed by atoms with Crippen LogP contribution in [0.1, 0.15) is 43.0 Å². The third-order valence-electron chi connectivity index (χ3n) is 5.42. The minimum absolute atomic E-state index is 0.135. The first-order chi connectivity index (χ1) is 11.8. The van der Waals surface area contributed by atoms with Gasteiger partial charge in [-0.1, -0.05) is 19.8 Å². The molecule has 2 atom stereocenters. The lowest BCUT2D eigenvalue weighted by Crippen LogP contribution is -2.43. The average molecular weight is 344 g/mol. The number of hydrogen-bond donors (Lipinski definition) is 0. The number of nitrogens with zero attached hydrogens (tertiary/aromatic N) is 4. The summed E-state index contributed by atoms with van der Waals surface area (Å²) in [6, 6.07) is 1.76. The number of pyridine rings is 1. The molecule has 25 heavy (non-hydrogen) atoms. The maximum Gasteiger partial charge on any atom is 0.332 e. The molecule has 0 aromatic carbocycles. The molecule has 1 amide bonds. The Morgan fingerprint density at radius 2 is 1.88 bits per heavy atom. The van der Waals surface area contributed by atoms with Gasteiger partial charge >= 0.3 is 5.69 Å². The number of carbonyl (C=O) groups excluding carboxylic acids is 1. The number of hydrogen-bond acceptors (Lipinski definition) is 4. The van der Waals surface area contributed by atoms with E-state index < -0.39 is 11.2 Å². The van der Waals surface area contributed by atoms with Gasteiger partial charge in [0.25, 0.3) is 11.5 Å². The van der Waals surface area contributed by atoms with Crippen LogP contribution in [0.25, 0.3) is 11.0 Å². The standard InChI is InChI=1S/C18H24N4O3/c1-11-7-5-6-8-14(11)20(2)16(23)12-9-13-15(19-10-12)21(3)18(25)22(4)17(13)24/h9-11,14H,5-8H2,1-4H3/t11-,14+/m0/s1. The van der Waals surface area contributed by atoms with Gasteiger partial charge in [-0.25, -0.2) is 9.78 Å². The summed E-state index contributed by atoms with van der Waals surface area (Å²) in [6.45, 7) is 2.18. The fourth-order valence-corrected chi connectivity index (χ4v) is 3.81. The summed E-state index contributed by atoms with van der Waals surface area (Å²) in [4.78, 5) is 43.2. The summed E-state index contributed by atoms with van der Waals surface area (Å²) in [6.07, 6.45) is 5.92. The maximum absolute atomic E-state index is 12.9. The molecule has 0 bridgehead atoms. The van der Waals surface area contributed by atoms with Crippen molar-refractivity contribution in [2.45, 2.75) is 38.6 Å². The fourth-order valence-electron chi connectivity index (χ4n) is 3.81. The van der Waals surface area contributed by atoms with Gasteiger partial charge in [-0.15, -0.1) is 0 Å². The predicted molar refractivity (Wildman–Crippen MR) is 95.7 cm³/mol. The molecule has 7 nitrogen and oxygen atoms in total. The quantitative estimate of drug-likeness (QED) is 0.822. The Balaban J connectivity index is 2.03. The van der Waals surface area contributed by atoms with Gasteiger partial charge < -0.3 is 4.90 Å². The van der Waals surface area contributed by atoms with Gasteiger partial charge in [0.2, 0.25) is 0 Å². The first-order valence-corrected chi connectivity index (χ1v) is 8.66. The lowest BCUT2D eigenvalue weighted by Gasteiger charge is -2.36. The average Bonchev–Trinajstić information content (AvgIpc) is 2.63. The third-order valence-corrected chi connectivity index (χ3v) is 5.42. The van der Waals surface area contributed by atoms with Gasteiger partial charge in [-0.05, 0) is 24.8 Å². The summed E-state index contributed by atoms with van der Waals surface area (Å²) in [5, 5.41) is 0.278. The highest BCUT2D eigenvalue weighted by atomic mass is 16.2. The SMILES string of the molecule is C[C@H]1CCCC[C@H]1N(C)C(=O)c1cnc2c(c1)c(=O)n(C)c(=O)n2C. The Morgan fingerprint density at radius 1 is 1.20 bits per heavy atom. The molecular weight excluding hydrogens is 320 g/mol. The van der Waals surface area contributed by atoms with E-state index in [0.29, 0.717) is 17.1 Å². The van der Waals surface area contributed by atoms with Crippen molar-refractivity contribution in [1.29, 1.82) is 0 Å². The van der Waals surface area contributed by atoms with E-state index in [1.54, 1.807) is 18.0 Å². The van der Waals surface area contributed by atoms with Gasteiger partial charge in [-0.2, -0.15) is 0 Å². The highest BCUT2D eigenvalue weighted by Gasteiger charge is 2.28. The van der Waals surface area contributed by atoms with Crippen LogP contribution in [0.3, 0.4) is 0 Å². The van der Waals surface area contributed by atoms with Gasteiger partial charge in [0.1, 0.15) is 5.65 Å². The Labute approximate surface area is 145 Å². The highest BCUT2D eigenvalue weighted by molar-refractivity contribution is 5.96. The van der Waals surface area contributed by atoms with Crippen LogP contribution in [0.5, 0.6) is 0 Å². The van der Waals surface area contributed by atoms with Crippen molar-refractivity contribution in [2.75, 3.05) is 7.05 Å². The molecule has 0 aliphatic heterocycles. The molecule has 1 aliphatic carbocycles. The van der Waals surface area contributed by atoms with Crippen LogP contribution in [0, 0.1) is 5.92 Å². The first-order valence-electron chi connectivity index (χ1n) is 8.66. The molecule has 1 aliphatic rings. The Bertz CT molecular complexity index is 944. The number of carbonyl (C=O) groups is 1. The normalized spacial score (nSPS) is 20.6. The van der Waals surface area contributed by atoms with E-state index in [4.69, 9.17) is 0 Å². The lowest BCUT2D eigenvalue weighted by molar-refractivity contribution is 0.0628. The second kappa shape index (κ2) is 6.46. The summed E-state index contributed by atoms with van der Waals surface area (Å²) < 4.78 is 2.35. The smallest absolute Gasteiger partial charge is 0.332 e. The molecule has 2 heterocycles. The van der Waals surface area contributed by atoms with E-state index in [1.165, 1.54) is 24.2 Å². The zero-order valence-electron chi connectivity index (χ0n) is 15.2. The Morgan fingerprint density at radius 3 is 2.56 bits per heavy atom. The van der Waals surface area contributed by atoms with Gasteiger partial charge in [0.15, 0.2) is 0 Å². The van der Waals surface area contributed by atoms with E-state index >= 15 is 0 Å². The molecule has 0 spiro atoms. The van der Waals surface area contributed by atoms with Crippen LogP contribution in [-0.4, -0.2) is 38.0 Å². The van der Waals surface area contributed by atoms with Crippen molar-refractivity contribution in [1.82, 2.24) is 19.0 Å². The number of aryl methyl sites for hydroxylation is 1. The Kier molecular flexibility index (Phi) is 4.49. The van der Waals surface area contributed by atoms with E-state index in [2.05, 4.69) is 11.9 Å². The van der Waals surface area contributed by atoms with Crippen LogP contribution < -0.4 is 11.2 Å². The largest absolute Gasteiger partial charge is 0.338 e. The fraction of sp³-hybridized carbons (Fsp3) is 0.556. The van der Waals surface area contributed by atoms with Crippen LogP contribution in [0.4, 0.5) is 0 Å². The van der Waals surface area contributed by atoms with E-state index in [-0.39, 0.29) is 17.3 Å². The summed E-state index contributed by atoms with van der Waals surface area (Å²) in [5.41, 5.74) is -0.201. The van der Waals surface area contributed by atoms with Gasteiger partial charge in [-0.3, -0.25) is 18.7 Å². The molecule has 134 valence electrons. The van der Waals surface area contributed by atoms with E-state index in [0.717, 1.165) is 23.8 Å². The molecule has 1 fully saturated rings. The Hall–Kier alpha value is -2.44. The zero-order chi connectivity index (χ0) is 18.3. The van der Waals surface area contributed by atoms with E-state index in [9.17, 15) is 14.4 Å². The lowest BCUT2D eigenvalue weighted by atomic mass is 9.85. The molecule has 7 heteroatoms. The molecule has 0 N–H and O–H groups in total. The van der Waals surface area contributed by atoms with Crippen LogP contribution in [0.2, 0.25) is 0 Å². The van der Waals surface area contributed by atoms with Crippen LogP contribution >= 0.6 is 0 Å². The second-order valence-electron chi connectivity index (χ2n) is 7.05. The summed E-state index contributed by atoms with van der Waals surface area (Å²) in [5.74, 6) is 0.328. The molecule has 0 radical (unpaired) electrons. The summed E-state index contributed by atoms with van der Waals surface area (Å²) >= 11 is 0. The molecule has 0 unspecified atom stereocenters. The minimum atomic E-state index is -0.436. The highest BCUT2D eigenvalue weighted by Crippen LogP contribution is 2.28. The number of amides is 1. The molecule has 2 aromatic rings. The number of aromatic nitrogens is 3. The van der Waals surface area contributed by atoms with Crippen molar-refractivity contribution >= 4 is 16.9 Å². The van der Waals surface area contributed by atoms with Gasteiger partial charge in [0, 0.05) is 33.4 Å². The topological polar surface area (TPSA) is 77.2 Å². The monoisotopic (exact) mass is 344 g/mol. The van der Waals surface area contributed by atoms with E-state index in [1.807, 2.05) is 7.05 Å². The second-order valence-corrected chi connectivity index (χ2v) is 7.05. The van der Waals surface area contributed by atoms with Crippen molar-refractivity contribution in [3.8, 4) is 0 Å². The molecule has 1 saturated carbocycles. The van der Waals surface area contributed by atoms with Crippen LogP contribution in [-0.2, 0) is 14.1 Å². The van der Waals surface area contributed by atoms with Crippen molar-refractivity contribution in [3.05, 3.63) is 38.7 Å². The van der Waals surface area contributed by atoms with Crippen molar-refractivity contribution in [2.24, 2.45) is 20.0 Å². The van der Waals surface area contributed by atoms with Gasteiger partial charge in [0.05, 0.1) is 10.9 Å². The minimum Gasteiger partial charge on any atom is -0.338 e. The third kappa shape index (κ3) is 2.88. The van der Waals surface area contributed by atoms with Crippen molar-refractivity contribution in [3.63, 3.8) is 0 Å². The maximum atomic E-state index is 12.9. The number of fused-ring (bicyclic) bond motifs is 1. The molecular formula is C18H24N4O3. The first kappa shape index (κ1) is 17.4. The zero-order valence-corrected chi connectivity index (χ0v) is 15.2. The van der Waals surface area contributed by atoms with Crippen LogP contribution in [0.15, 0.2) is 21.9 Å². The summed E-state index contributed by atoms with van der Waals surface area (Å²) in [7, 11) is 4.81. The molecule has 0 saturated heterocycles.